The molecule has 0 atom stereocenters. The molecule has 3 heteroatoms. The molecule has 0 spiro atoms. The van der Waals surface area contributed by atoms with Gasteiger partial charge >= 0.3 is 0 Å². The first-order chi connectivity index (χ1) is 9.19. The van der Waals surface area contributed by atoms with Gasteiger partial charge in [0.2, 0.25) is 0 Å². The predicted molar refractivity (Wildman–Crippen MR) is 72.6 cm³/mol. The summed E-state index contributed by atoms with van der Waals surface area (Å²) in [6.07, 6.45) is 1.58. The van der Waals surface area contributed by atoms with E-state index in [1.807, 2.05) is 6.07 Å². The van der Waals surface area contributed by atoms with Crippen LogP contribution in [0.3, 0.4) is 0 Å². The van der Waals surface area contributed by atoms with Crippen LogP contribution in [0.25, 0.3) is 26.9 Å². The minimum atomic E-state index is -0.259. The first-order valence-electron chi connectivity index (χ1n) is 5.84. The highest BCUT2D eigenvalue weighted by atomic mass is 19.1. The van der Waals surface area contributed by atoms with Crippen LogP contribution in [0.4, 0.5) is 10.1 Å². The van der Waals surface area contributed by atoms with Gasteiger partial charge in [0.15, 0.2) is 5.69 Å². The van der Waals surface area contributed by atoms with Crippen molar-refractivity contribution in [2.24, 2.45) is 0 Å². The molecule has 0 amide bonds. The average molecular weight is 251 g/mol. The van der Waals surface area contributed by atoms with Crippen molar-refractivity contribution < 1.29 is 8.81 Å². The molecular formula is C16H10FNO. The summed E-state index contributed by atoms with van der Waals surface area (Å²) in [6, 6.07) is 10.3. The van der Waals surface area contributed by atoms with Gasteiger partial charge in [-0.2, -0.15) is 0 Å². The third-order valence-electron chi connectivity index (χ3n) is 3.15. The Balaban J connectivity index is 2.31. The Labute approximate surface area is 109 Å². The van der Waals surface area contributed by atoms with Crippen molar-refractivity contribution in [1.29, 1.82) is 0 Å². The summed E-state index contributed by atoms with van der Waals surface area (Å²) in [5.41, 5.74) is 3.25. The molecule has 0 aliphatic carbocycles. The van der Waals surface area contributed by atoms with Gasteiger partial charge in [0.05, 0.1) is 12.8 Å². The Morgan fingerprint density at radius 3 is 2.74 bits per heavy atom. The van der Waals surface area contributed by atoms with Gasteiger partial charge in [0.1, 0.15) is 11.4 Å². The Morgan fingerprint density at radius 2 is 2.00 bits per heavy atom. The Kier molecular flexibility index (Phi) is 2.57. The number of hydrogen-bond donors (Lipinski definition) is 0. The number of benzene rings is 2. The fraction of sp³-hybridized carbons (Fsp3) is 0.0625. The van der Waals surface area contributed by atoms with Crippen molar-refractivity contribution in [3.63, 3.8) is 0 Å². The third kappa shape index (κ3) is 1.88. The van der Waals surface area contributed by atoms with E-state index in [0.29, 0.717) is 22.4 Å². The average Bonchev–Trinajstić information content (AvgIpc) is 2.89. The van der Waals surface area contributed by atoms with Crippen molar-refractivity contribution in [3.8, 4) is 11.1 Å². The lowest BCUT2D eigenvalue weighted by Gasteiger charge is -2.05. The zero-order valence-corrected chi connectivity index (χ0v) is 10.3. The summed E-state index contributed by atoms with van der Waals surface area (Å²) >= 11 is 0. The van der Waals surface area contributed by atoms with Crippen molar-refractivity contribution in [3.05, 3.63) is 65.5 Å². The summed E-state index contributed by atoms with van der Waals surface area (Å²) in [7, 11) is 0. The van der Waals surface area contributed by atoms with Crippen LogP contribution in [0, 0.1) is 19.3 Å². The van der Waals surface area contributed by atoms with Crippen LogP contribution < -0.4 is 0 Å². The maximum absolute atomic E-state index is 13.7. The lowest BCUT2D eigenvalue weighted by Crippen LogP contribution is -1.85. The van der Waals surface area contributed by atoms with Crippen LogP contribution in [0.5, 0.6) is 0 Å². The monoisotopic (exact) mass is 251 g/mol. The number of aryl methyl sites for hydroxylation is 1. The highest BCUT2D eigenvalue weighted by Gasteiger charge is 2.10. The number of rotatable bonds is 1. The van der Waals surface area contributed by atoms with Crippen LogP contribution in [-0.2, 0) is 0 Å². The zero-order valence-electron chi connectivity index (χ0n) is 10.3. The lowest BCUT2D eigenvalue weighted by molar-refractivity contribution is 0.615. The summed E-state index contributed by atoms with van der Waals surface area (Å²) in [4.78, 5) is 3.44. The molecule has 1 heterocycles. The van der Waals surface area contributed by atoms with Gasteiger partial charge in [0.25, 0.3) is 0 Å². The lowest BCUT2D eigenvalue weighted by atomic mass is 10.0. The van der Waals surface area contributed by atoms with E-state index in [4.69, 9.17) is 11.0 Å². The summed E-state index contributed by atoms with van der Waals surface area (Å²) in [5, 5.41) is 0.851. The van der Waals surface area contributed by atoms with E-state index in [1.54, 1.807) is 37.5 Å². The Morgan fingerprint density at radius 1 is 1.16 bits per heavy atom. The Hall–Kier alpha value is -2.60. The molecule has 3 aromatic rings. The van der Waals surface area contributed by atoms with Gasteiger partial charge in [-0.15, -0.1) is 0 Å². The van der Waals surface area contributed by atoms with E-state index in [1.165, 1.54) is 6.07 Å². The van der Waals surface area contributed by atoms with Crippen molar-refractivity contribution >= 4 is 16.7 Å². The van der Waals surface area contributed by atoms with Gasteiger partial charge < -0.3 is 4.42 Å². The van der Waals surface area contributed by atoms with E-state index in [2.05, 4.69) is 4.85 Å². The molecule has 0 N–H and O–H groups in total. The molecule has 0 aliphatic heterocycles. The van der Waals surface area contributed by atoms with Gasteiger partial charge in [-0.05, 0) is 42.3 Å². The number of halogens is 1. The van der Waals surface area contributed by atoms with E-state index in [0.717, 1.165) is 10.9 Å². The van der Waals surface area contributed by atoms with E-state index < -0.39 is 0 Å². The summed E-state index contributed by atoms with van der Waals surface area (Å²) in [5.74, 6) is -0.259. The molecule has 1 aromatic heterocycles. The fourth-order valence-electron chi connectivity index (χ4n) is 2.11. The standard InChI is InChI=1S/C16H10FNO/c1-10-3-4-11(8-15(10)17)14-9-13(18-2)7-12-5-6-19-16(12)14/h3-9H,1H3. The SMILES string of the molecule is [C-]#[N+]c1cc(-c2ccc(C)c(F)c2)c2occc2c1. The second kappa shape index (κ2) is 4.25. The molecule has 0 saturated heterocycles. The van der Waals surface area contributed by atoms with Crippen molar-refractivity contribution in [2.75, 3.05) is 0 Å². The van der Waals surface area contributed by atoms with Gasteiger partial charge in [-0.25, -0.2) is 9.24 Å². The molecule has 19 heavy (non-hydrogen) atoms. The molecule has 92 valence electrons. The van der Waals surface area contributed by atoms with Gasteiger partial charge in [-0.1, -0.05) is 12.1 Å². The van der Waals surface area contributed by atoms with E-state index in [-0.39, 0.29) is 5.82 Å². The molecule has 0 unspecified atom stereocenters. The molecule has 2 nitrogen and oxygen atoms in total. The molecular weight excluding hydrogens is 241 g/mol. The number of fused-ring (bicyclic) bond motifs is 1. The minimum absolute atomic E-state index is 0.259. The zero-order chi connectivity index (χ0) is 13.4. The van der Waals surface area contributed by atoms with Crippen molar-refractivity contribution in [2.45, 2.75) is 6.92 Å². The van der Waals surface area contributed by atoms with Crippen molar-refractivity contribution in [1.82, 2.24) is 0 Å². The van der Waals surface area contributed by atoms with Crippen LogP contribution in [0.2, 0.25) is 0 Å². The first-order valence-corrected chi connectivity index (χ1v) is 5.84. The molecule has 0 aliphatic rings. The molecule has 3 rings (SSSR count). The molecule has 0 fully saturated rings. The maximum Gasteiger partial charge on any atom is 0.188 e. The van der Waals surface area contributed by atoms with E-state index >= 15 is 0 Å². The second-order valence-electron chi connectivity index (χ2n) is 4.41. The smallest absolute Gasteiger partial charge is 0.188 e. The number of hydrogen-bond acceptors (Lipinski definition) is 1. The molecule has 2 aromatic carbocycles. The topological polar surface area (TPSA) is 17.5 Å². The number of furan rings is 1. The normalized spacial score (nSPS) is 10.6. The van der Waals surface area contributed by atoms with Gasteiger partial charge in [0, 0.05) is 10.9 Å². The van der Waals surface area contributed by atoms with Gasteiger partial charge in [-0.3, -0.25) is 0 Å². The second-order valence-corrected chi connectivity index (χ2v) is 4.41. The largest absolute Gasteiger partial charge is 0.464 e. The first kappa shape index (κ1) is 11.5. The highest BCUT2D eigenvalue weighted by molar-refractivity contribution is 5.95. The van der Waals surface area contributed by atoms with Crippen LogP contribution >= 0.6 is 0 Å². The highest BCUT2D eigenvalue weighted by Crippen LogP contribution is 2.34. The van der Waals surface area contributed by atoms with Crippen LogP contribution in [-0.4, -0.2) is 0 Å². The Bertz CT molecular complexity index is 811. The molecule has 0 bridgehead atoms. The van der Waals surface area contributed by atoms with Crippen LogP contribution in [0.15, 0.2) is 47.1 Å². The number of nitrogens with zero attached hydrogens (tertiary/aromatic N) is 1. The minimum Gasteiger partial charge on any atom is -0.464 e. The quantitative estimate of drug-likeness (QED) is 0.550. The molecule has 0 saturated carbocycles. The third-order valence-corrected chi connectivity index (χ3v) is 3.15. The molecule has 0 radical (unpaired) electrons. The summed E-state index contributed by atoms with van der Waals surface area (Å²) < 4.78 is 19.1. The fourth-order valence-corrected chi connectivity index (χ4v) is 2.11. The summed E-state index contributed by atoms with van der Waals surface area (Å²) in [6.45, 7) is 8.85. The predicted octanol–water partition coefficient (Wildman–Crippen LogP) is 5.10. The maximum atomic E-state index is 13.7. The van der Waals surface area contributed by atoms with Crippen LogP contribution in [0.1, 0.15) is 5.56 Å². The van der Waals surface area contributed by atoms with E-state index in [9.17, 15) is 4.39 Å².